The highest BCUT2D eigenvalue weighted by Gasteiger charge is 2.12. The fourth-order valence-electron chi connectivity index (χ4n) is 1.74. The molecule has 0 spiro atoms. The SMILES string of the molecule is Cc1c(F)ccc(Cc2cc(F)ccc2F)c1F. The van der Waals surface area contributed by atoms with Gasteiger partial charge in [0.25, 0.3) is 0 Å². The number of benzene rings is 2. The molecule has 0 aliphatic rings. The van der Waals surface area contributed by atoms with Crippen LogP contribution in [-0.4, -0.2) is 0 Å². The Kier molecular flexibility index (Phi) is 3.36. The number of rotatable bonds is 2. The van der Waals surface area contributed by atoms with Crippen LogP contribution in [0.4, 0.5) is 17.6 Å². The van der Waals surface area contributed by atoms with Crippen LogP contribution in [0.15, 0.2) is 30.3 Å². The van der Waals surface area contributed by atoms with E-state index in [-0.39, 0.29) is 23.1 Å². The van der Waals surface area contributed by atoms with Crippen molar-refractivity contribution in [3.63, 3.8) is 0 Å². The zero-order chi connectivity index (χ0) is 13.3. The summed E-state index contributed by atoms with van der Waals surface area (Å²) in [5.74, 6) is -2.59. The minimum atomic E-state index is -0.723. The highest BCUT2D eigenvalue weighted by molar-refractivity contribution is 5.32. The second kappa shape index (κ2) is 4.80. The molecule has 2 aromatic rings. The van der Waals surface area contributed by atoms with E-state index in [1.165, 1.54) is 13.0 Å². The van der Waals surface area contributed by atoms with E-state index in [0.29, 0.717) is 0 Å². The van der Waals surface area contributed by atoms with Crippen LogP contribution in [0.1, 0.15) is 16.7 Å². The van der Waals surface area contributed by atoms with Crippen LogP contribution in [0.5, 0.6) is 0 Å². The first-order valence-electron chi connectivity index (χ1n) is 5.36. The molecule has 0 unspecified atom stereocenters. The van der Waals surface area contributed by atoms with Crippen LogP contribution in [-0.2, 0) is 6.42 Å². The molecule has 0 aliphatic heterocycles. The minimum Gasteiger partial charge on any atom is -0.207 e. The largest absolute Gasteiger partial charge is 0.207 e. The van der Waals surface area contributed by atoms with Crippen LogP contribution >= 0.6 is 0 Å². The maximum atomic E-state index is 13.7. The fraction of sp³-hybridized carbons (Fsp3) is 0.143. The van der Waals surface area contributed by atoms with Gasteiger partial charge in [0.15, 0.2) is 0 Å². The molecule has 0 bridgehead atoms. The lowest BCUT2D eigenvalue weighted by molar-refractivity contribution is 0.555. The molecule has 0 saturated carbocycles. The molecular formula is C14H10F4. The third kappa shape index (κ3) is 2.37. The average molecular weight is 254 g/mol. The molecule has 0 nitrogen and oxygen atoms in total. The van der Waals surface area contributed by atoms with Gasteiger partial charge in [-0.05, 0) is 42.3 Å². The van der Waals surface area contributed by atoms with Crippen LogP contribution in [0.2, 0.25) is 0 Å². The van der Waals surface area contributed by atoms with E-state index in [1.807, 2.05) is 0 Å². The van der Waals surface area contributed by atoms with Crippen molar-refractivity contribution in [2.24, 2.45) is 0 Å². The fourth-order valence-corrected chi connectivity index (χ4v) is 1.74. The second-order valence-electron chi connectivity index (χ2n) is 4.06. The van der Waals surface area contributed by atoms with Crippen molar-refractivity contribution in [3.8, 4) is 0 Å². The van der Waals surface area contributed by atoms with Crippen LogP contribution in [0.25, 0.3) is 0 Å². The molecule has 2 aromatic carbocycles. The zero-order valence-electron chi connectivity index (χ0n) is 9.61. The summed E-state index contributed by atoms with van der Waals surface area (Å²) in [5, 5.41) is 0. The van der Waals surface area contributed by atoms with Gasteiger partial charge >= 0.3 is 0 Å². The summed E-state index contributed by atoms with van der Waals surface area (Å²) < 4.78 is 53.2. The maximum absolute atomic E-state index is 13.7. The van der Waals surface area contributed by atoms with Crippen LogP contribution in [0, 0.1) is 30.2 Å². The lowest BCUT2D eigenvalue weighted by atomic mass is 10.0. The van der Waals surface area contributed by atoms with Crippen molar-refractivity contribution in [1.29, 1.82) is 0 Å². The third-order valence-corrected chi connectivity index (χ3v) is 2.79. The van der Waals surface area contributed by atoms with Crippen molar-refractivity contribution in [3.05, 3.63) is 70.3 Å². The molecule has 0 heterocycles. The van der Waals surface area contributed by atoms with E-state index in [2.05, 4.69) is 0 Å². The molecule has 94 valence electrons. The summed E-state index contributed by atoms with van der Waals surface area (Å²) in [7, 11) is 0. The highest BCUT2D eigenvalue weighted by atomic mass is 19.1. The van der Waals surface area contributed by atoms with Gasteiger partial charge in [-0.3, -0.25) is 0 Å². The van der Waals surface area contributed by atoms with E-state index in [0.717, 1.165) is 24.3 Å². The maximum Gasteiger partial charge on any atom is 0.132 e. The molecule has 18 heavy (non-hydrogen) atoms. The van der Waals surface area contributed by atoms with E-state index < -0.39 is 23.3 Å². The van der Waals surface area contributed by atoms with E-state index in [1.54, 1.807) is 0 Å². The van der Waals surface area contributed by atoms with Gasteiger partial charge in [0, 0.05) is 12.0 Å². The predicted molar refractivity (Wildman–Crippen MR) is 60.3 cm³/mol. The van der Waals surface area contributed by atoms with Gasteiger partial charge in [0.05, 0.1) is 0 Å². The van der Waals surface area contributed by atoms with Crippen LogP contribution < -0.4 is 0 Å². The van der Waals surface area contributed by atoms with Crippen molar-refractivity contribution in [2.75, 3.05) is 0 Å². The third-order valence-electron chi connectivity index (χ3n) is 2.79. The summed E-state index contributed by atoms with van der Waals surface area (Å²) in [6.45, 7) is 1.30. The Balaban J connectivity index is 2.40. The first-order chi connectivity index (χ1) is 8.49. The Bertz CT molecular complexity index is 591. The predicted octanol–water partition coefficient (Wildman–Crippen LogP) is 4.14. The van der Waals surface area contributed by atoms with Crippen LogP contribution in [0.3, 0.4) is 0 Å². The van der Waals surface area contributed by atoms with Crippen molar-refractivity contribution in [1.82, 2.24) is 0 Å². The molecule has 0 saturated heterocycles. The monoisotopic (exact) mass is 254 g/mol. The summed E-state index contributed by atoms with van der Waals surface area (Å²) in [4.78, 5) is 0. The summed E-state index contributed by atoms with van der Waals surface area (Å²) in [6, 6.07) is 5.34. The first-order valence-corrected chi connectivity index (χ1v) is 5.36. The Labute approximate surface area is 102 Å². The molecule has 0 amide bonds. The number of hydrogen-bond donors (Lipinski definition) is 0. The van der Waals surface area contributed by atoms with Crippen molar-refractivity contribution < 1.29 is 17.6 Å². The quantitative estimate of drug-likeness (QED) is 0.706. The molecule has 0 aromatic heterocycles. The van der Waals surface area contributed by atoms with E-state index in [9.17, 15) is 17.6 Å². The van der Waals surface area contributed by atoms with Crippen molar-refractivity contribution in [2.45, 2.75) is 13.3 Å². The normalized spacial score (nSPS) is 10.7. The molecule has 0 radical (unpaired) electrons. The van der Waals surface area contributed by atoms with Gasteiger partial charge in [-0.25, -0.2) is 17.6 Å². The topological polar surface area (TPSA) is 0 Å². The second-order valence-corrected chi connectivity index (χ2v) is 4.06. The van der Waals surface area contributed by atoms with E-state index in [4.69, 9.17) is 0 Å². The molecular weight excluding hydrogens is 244 g/mol. The summed E-state index contributed by atoms with van der Waals surface area (Å²) in [6.07, 6.45) is -0.115. The van der Waals surface area contributed by atoms with E-state index >= 15 is 0 Å². The molecule has 0 fully saturated rings. The Morgan fingerprint density at radius 1 is 0.833 bits per heavy atom. The first kappa shape index (κ1) is 12.6. The lowest BCUT2D eigenvalue weighted by Gasteiger charge is -2.07. The minimum absolute atomic E-state index is 0.0416. The number of halogens is 4. The molecule has 0 N–H and O–H groups in total. The van der Waals surface area contributed by atoms with Gasteiger partial charge in [-0.15, -0.1) is 0 Å². The van der Waals surface area contributed by atoms with Gasteiger partial charge in [-0.1, -0.05) is 6.07 Å². The number of hydrogen-bond acceptors (Lipinski definition) is 0. The molecule has 0 aliphatic carbocycles. The lowest BCUT2D eigenvalue weighted by Crippen LogP contribution is -2.00. The average Bonchev–Trinajstić information content (AvgIpc) is 2.34. The van der Waals surface area contributed by atoms with Crippen molar-refractivity contribution >= 4 is 0 Å². The standard InChI is InChI=1S/C14H10F4/c1-8-12(16)4-2-9(14(8)18)6-10-7-11(15)3-5-13(10)17/h2-5,7H,6H2,1H3. The molecule has 2 rings (SSSR count). The summed E-state index contributed by atoms with van der Waals surface area (Å²) in [5.41, 5.74) is 0.0580. The Morgan fingerprint density at radius 3 is 2.22 bits per heavy atom. The smallest absolute Gasteiger partial charge is 0.132 e. The Morgan fingerprint density at radius 2 is 1.50 bits per heavy atom. The Hall–Kier alpha value is -1.84. The molecule has 4 heteroatoms. The zero-order valence-corrected chi connectivity index (χ0v) is 9.61. The summed E-state index contributed by atoms with van der Waals surface area (Å²) >= 11 is 0. The van der Waals surface area contributed by atoms with Gasteiger partial charge in [0.2, 0.25) is 0 Å². The van der Waals surface area contributed by atoms with Gasteiger partial charge < -0.3 is 0 Å². The molecule has 0 atom stereocenters. The van der Waals surface area contributed by atoms with Gasteiger partial charge in [0.1, 0.15) is 23.3 Å². The van der Waals surface area contributed by atoms with Gasteiger partial charge in [-0.2, -0.15) is 0 Å². The highest BCUT2D eigenvalue weighted by Crippen LogP contribution is 2.20.